The molecule has 2 atom stereocenters. The van der Waals surface area contributed by atoms with Crippen molar-refractivity contribution in [1.82, 2.24) is 10.6 Å². The summed E-state index contributed by atoms with van der Waals surface area (Å²) in [7, 11) is 0. The van der Waals surface area contributed by atoms with Gasteiger partial charge in [-0.3, -0.25) is 14.9 Å². The number of hydrogen-bond donors (Lipinski definition) is 2. The Kier molecular flexibility index (Phi) is 6.34. The Balaban J connectivity index is 1.57. The summed E-state index contributed by atoms with van der Waals surface area (Å²) in [5.74, 6) is -3.50. The van der Waals surface area contributed by atoms with Crippen molar-refractivity contribution in [2.24, 2.45) is 5.92 Å². The first kappa shape index (κ1) is 21.0. The van der Waals surface area contributed by atoms with Crippen molar-refractivity contribution in [3.05, 3.63) is 29.3 Å². The van der Waals surface area contributed by atoms with E-state index in [4.69, 9.17) is 4.74 Å². The van der Waals surface area contributed by atoms with Gasteiger partial charge in [0.2, 0.25) is 11.8 Å². The molecule has 2 aliphatic rings. The first-order chi connectivity index (χ1) is 13.8. The van der Waals surface area contributed by atoms with Crippen molar-refractivity contribution in [3.63, 3.8) is 0 Å². The normalized spacial score (nSPS) is 20.7. The van der Waals surface area contributed by atoms with E-state index in [1.54, 1.807) is 4.90 Å². The van der Waals surface area contributed by atoms with Gasteiger partial charge < -0.3 is 15.0 Å². The van der Waals surface area contributed by atoms with Gasteiger partial charge in [-0.2, -0.15) is 0 Å². The van der Waals surface area contributed by atoms with Crippen LogP contribution in [0.4, 0.5) is 19.3 Å². The predicted molar refractivity (Wildman–Crippen MR) is 101 cm³/mol. The smallest absolute Gasteiger partial charge is 0.407 e. The lowest BCUT2D eigenvalue weighted by Crippen LogP contribution is -2.59. The number of amides is 3. The molecule has 2 N–H and O–H groups in total. The Labute approximate surface area is 167 Å². The standard InChI is InChI=1S/C20H25F2N3O4/c1-3-11(2)10-29-20(28)23-12-8-25(9-12)13-6-15(21)18(16(22)7-13)14-4-5-17(26)24-19(14)27/h6-7,11-12,14H,3-5,8-10H2,1-2H3,(H,23,28)(H,24,26,27). The van der Waals surface area contributed by atoms with E-state index in [9.17, 15) is 23.2 Å². The summed E-state index contributed by atoms with van der Waals surface area (Å²) in [5.41, 5.74) is 0.0182. The van der Waals surface area contributed by atoms with Crippen LogP contribution in [0.15, 0.2) is 12.1 Å². The molecule has 0 bridgehead atoms. The Hall–Kier alpha value is -2.71. The minimum absolute atomic E-state index is 0.0453. The summed E-state index contributed by atoms with van der Waals surface area (Å²) < 4.78 is 34.3. The van der Waals surface area contributed by atoms with Gasteiger partial charge in [-0.15, -0.1) is 0 Å². The van der Waals surface area contributed by atoms with Crippen LogP contribution < -0.4 is 15.5 Å². The second kappa shape index (κ2) is 8.75. The third-order valence-corrected chi connectivity index (χ3v) is 5.42. The van der Waals surface area contributed by atoms with E-state index >= 15 is 0 Å². The Morgan fingerprint density at radius 2 is 1.97 bits per heavy atom. The average molecular weight is 409 g/mol. The number of nitrogens with one attached hydrogen (secondary N) is 2. The molecule has 0 saturated carbocycles. The zero-order valence-corrected chi connectivity index (χ0v) is 16.5. The van der Waals surface area contributed by atoms with Gasteiger partial charge in [0.15, 0.2) is 0 Å². The van der Waals surface area contributed by atoms with Crippen molar-refractivity contribution in [2.75, 3.05) is 24.6 Å². The molecule has 7 nitrogen and oxygen atoms in total. The van der Waals surface area contributed by atoms with Crippen molar-refractivity contribution >= 4 is 23.6 Å². The van der Waals surface area contributed by atoms with Gasteiger partial charge in [0.1, 0.15) is 11.6 Å². The number of hydrogen-bond acceptors (Lipinski definition) is 5. The topological polar surface area (TPSA) is 87.7 Å². The molecule has 2 saturated heterocycles. The summed E-state index contributed by atoms with van der Waals surface area (Å²) in [6, 6.07) is 2.19. The molecule has 0 spiro atoms. The van der Waals surface area contributed by atoms with Crippen molar-refractivity contribution in [1.29, 1.82) is 0 Å². The van der Waals surface area contributed by atoms with E-state index in [0.717, 1.165) is 6.42 Å². The summed E-state index contributed by atoms with van der Waals surface area (Å²) in [4.78, 5) is 36.7. The van der Waals surface area contributed by atoms with Crippen LogP contribution in [0.2, 0.25) is 0 Å². The van der Waals surface area contributed by atoms with Crippen LogP contribution in [0, 0.1) is 17.6 Å². The fourth-order valence-corrected chi connectivity index (χ4v) is 3.38. The Bertz CT molecular complexity index is 788. The minimum Gasteiger partial charge on any atom is -0.449 e. The molecule has 0 aromatic heterocycles. The molecule has 158 valence electrons. The molecule has 2 fully saturated rings. The van der Waals surface area contributed by atoms with Crippen molar-refractivity contribution < 1.29 is 27.9 Å². The average Bonchev–Trinajstić information content (AvgIpc) is 2.63. The van der Waals surface area contributed by atoms with Gasteiger partial charge >= 0.3 is 6.09 Å². The number of piperidine rings is 1. The Morgan fingerprint density at radius 3 is 2.55 bits per heavy atom. The number of carbonyl (C=O) groups is 3. The molecule has 29 heavy (non-hydrogen) atoms. The van der Waals surface area contributed by atoms with Crippen LogP contribution >= 0.6 is 0 Å². The monoisotopic (exact) mass is 409 g/mol. The number of benzene rings is 1. The first-order valence-electron chi connectivity index (χ1n) is 9.79. The van der Waals surface area contributed by atoms with Crippen LogP contribution in [0.25, 0.3) is 0 Å². The highest BCUT2D eigenvalue weighted by Gasteiger charge is 2.34. The summed E-state index contributed by atoms with van der Waals surface area (Å²) in [5, 5.41) is 4.84. The number of alkyl carbamates (subject to hydrolysis) is 1. The van der Waals surface area contributed by atoms with E-state index in [-0.39, 0.29) is 30.4 Å². The van der Waals surface area contributed by atoms with Crippen molar-refractivity contribution in [3.8, 4) is 0 Å². The third kappa shape index (κ3) is 4.83. The number of halogens is 2. The van der Waals surface area contributed by atoms with Crippen LogP contribution in [0.5, 0.6) is 0 Å². The van der Waals surface area contributed by atoms with E-state index in [0.29, 0.717) is 25.4 Å². The zero-order valence-electron chi connectivity index (χ0n) is 16.5. The molecule has 0 radical (unpaired) electrons. The van der Waals surface area contributed by atoms with Crippen LogP contribution in [0.1, 0.15) is 44.6 Å². The number of carbonyl (C=O) groups excluding carboxylic acids is 3. The maximum atomic E-state index is 14.6. The highest BCUT2D eigenvalue weighted by atomic mass is 19.1. The lowest BCUT2D eigenvalue weighted by molar-refractivity contribution is -0.134. The number of imide groups is 1. The fourth-order valence-electron chi connectivity index (χ4n) is 3.38. The molecule has 3 rings (SSSR count). The molecule has 0 aliphatic carbocycles. The van der Waals surface area contributed by atoms with E-state index in [1.165, 1.54) is 12.1 Å². The highest BCUT2D eigenvalue weighted by molar-refractivity contribution is 6.01. The zero-order chi connectivity index (χ0) is 21.1. The largest absolute Gasteiger partial charge is 0.449 e. The molecular formula is C20H25F2N3O4. The quantitative estimate of drug-likeness (QED) is 0.705. The number of ether oxygens (including phenoxy) is 1. The van der Waals surface area contributed by atoms with Gasteiger partial charge in [-0.25, -0.2) is 13.6 Å². The second-order valence-electron chi connectivity index (χ2n) is 7.68. The van der Waals surface area contributed by atoms with Crippen LogP contribution in [0.3, 0.4) is 0 Å². The molecule has 2 aliphatic heterocycles. The SMILES string of the molecule is CCC(C)COC(=O)NC1CN(c2cc(F)c(C3CCC(=O)NC3=O)c(F)c2)C1. The Morgan fingerprint density at radius 1 is 1.31 bits per heavy atom. The molecular weight excluding hydrogens is 384 g/mol. The van der Waals surface area contributed by atoms with Crippen LogP contribution in [-0.2, 0) is 14.3 Å². The molecule has 1 aromatic carbocycles. The third-order valence-electron chi connectivity index (χ3n) is 5.42. The van der Waals surface area contributed by atoms with E-state index < -0.39 is 35.5 Å². The molecule has 2 unspecified atom stereocenters. The van der Waals surface area contributed by atoms with E-state index in [1.807, 2.05) is 13.8 Å². The first-order valence-corrected chi connectivity index (χ1v) is 9.79. The highest BCUT2D eigenvalue weighted by Crippen LogP contribution is 2.33. The summed E-state index contributed by atoms with van der Waals surface area (Å²) in [6.07, 6.45) is 0.535. The predicted octanol–water partition coefficient (Wildman–Crippen LogP) is 2.45. The molecule has 9 heteroatoms. The number of rotatable bonds is 6. The summed E-state index contributed by atoms with van der Waals surface area (Å²) >= 11 is 0. The molecule has 1 aromatic rings. The van der Waals surface area contributed by atoms with Gasteiger partial charge in [-0.05, 0) is 24.5 Å². The lowest BCUT2D eigenvalue weighted by Gasteiger charge is -2.41. The summed E-state index contributed by atoms with van der Waals surface area (Å²) in [6.45, 7) is 5.14. The molecule has 2 heterocycles. The fraction of sp³-hybridized carbons (Fsp3) is 0.550. The molecule has 3 amide bonds. The lowest BCUT2D eigenvalue weighted by atomic mass is 9.89. The van der Waals surface area contributed by atoms with Crippen LogP contribution in [-0.4, -0.2) is 43.6 Å². The van der Waals surface area contributed by atoms with Crippen molar-refractivity contribution in [2.45, 2.75) is 45.1 Å². The van der Waals surface area contributed by atoms with Gasteiger partial charge in [0.25, 0.3) is 0 Å². The van der Waals surface area contributed by atoms with Gasteiger partial charge in [0.05, 0.1) is 18.6 Å². The number of anilines is 1. The maximum absolute atomic E-state index is 14.6. The van der Waals surface area contributed by atoms with Gasteiger partial charge in [0, 0.05) is 30.8 Å². The number of nitrogens with zero attached hydrogens (tertiary/aromatic N) is 1. The maximum Gasteiger partial charge on any atom is 0.407 e. The minimum atomic E-state index is -1.02. The van der Waals surface area contributed by atoms with E-state index in [2.05, 4.69) is 10.6 Å². The van der Waals surface area contributed by atoms with Gasteiger partial charge in [-0.1, -0.05) is 20.3 Å². The second-order valence-corrected chi connectivity index (χ2v) is 7.68.